The summed E-state index contributed by atoms with van der Waals surface area (Å²) < 4.78 is 25.8. The van der Waals surface area contributed by atoms with Gasteiger partial charge in [-0.15, -0.1) is 0 Å². The van der Waals surface area contributed by atoms with E-state index in [-0.39, 0.29) is 6.54 Å². The fraction of sp³-hybridized carbons (Fsp3) is 0.105. The molecule has 0 aliphatic heterocycles. The average Bonchev–Trinajstić information content (AvgIpc) is 2.57. The molecule has 0 aromatic heterocycles. The molecule has 0 aliphatic rings. The van der Waals surface area contributed by atoms with Gasteiger partial charge in [-0.2, -0.15) is 0 Å². The quantitative estimate of drug-likeness (QED) is 0.655. The lowest BCUT2D eigenvalue weighted by Gasteiger charge is -2.23. The molecule has 0 heterocycles. The number of nitrogens with one attached hydrogen (secondary N) is 1. The molecule has 0 spiro atoms. The summed E-state index contributed by atoms with van der Waals surface area (Å²) in [5.74, 6) is -0.508. The Balaban J connectivity index is 1.93. The van der Waals surface area contributed by atoms with Crippen LogP contribution in [0, 0.1) is 0 Å². The van der Waals surface area contributed by atoms with Crippen LogP contribution in [0.15, 0.2) is 60.7 Å². The van der Waals surface area contributed by atoms with Crippen LogP contribution in [-0.4, -0.2) is 27.1 Å². The molecule has 1 amide bonds. The standard InChI is InChI=1S/C19H16Cl2N2O3S/c1-27(25,26)23(18-8-4-6-13-5-2-3-7-17(13)18)12-19(24)22-16-10-14(20)9-15(21)11-16/h2-11H,12H2,1H3,(H,22,24). The van der Waals surface area contributed by atoms with E-state index in [2.05, 4.69) is 5.32 Å². The highest BCUT2D eigenvalue weighted by molar-refractivity contribution is 7.92. The first-order valence-electron chi connectivity index (χ1n) is 7.95. The van der Waals surface area contributed by atoms with Gasteiger partial charge in [-0.05, 0) is 29.7 Å². The zero-order valence-corrected chi connectivity index (χ0v) is 16.6. The van der Waals surface area contributed by atoms with Crippen LogP contribution in [-0.2, 0) is 14.8 Å². The minimum Gasteiger partial charge on any atom is -0.324 e. The molecule has 3 rings (SSSR count). The van der Waals surface area contributed by atoms with E-state index in [0.29, 0.717) is 21.4 Å². The van der Waals surface area contributed by atoms with Gasteiger partial charge >= 0.3 is 0 Å². The molecule has 3 aromatic carbocycles. The van der Waals surface area contributed by atoms with Crippen LogP contribution in [0.1, 0.15) is 0 Å². The van der Waals surface area contributed by atoms with E-state index < -0.39 is 15.9 Å². The van der Waals surface area contributed by atoms with Crippen LogP contribution < -0.4 is 9.62 Å². The van der Waals surface area contributed by atoms with E-state index >= 15 is 0 Å². The number of anilines is 2. The van der Waals surface area contributed by atoms with E-state index in [0.717, 1.165) is 21.3 Å². The van der Waals surface area contributed by atoms with Crippen molar-refractivity contribution in [2.24, 2.45) is 0 Å². The van der Waals surface area contributed by atoms with E-state index in [1.54, 1.807) is 12.1 Å². The number of rotatable bonds is 5. The number of benzene rings is 3. The van der Waals surface area contributed by atoms with Gasteiger partial charge < -0.3 is 5.32 Å². The highest BCUT2D eigenvalue weighted by Crippen LogP contribution is 2.28. The molecule has 0 saturated heterocycles. The SMILES string of the molecule is CS(=O)(=O)N(CC(=O)Nc1cc(Cl)cc(Cl)c1)c1cccc2ccccc12. The lowest BCUT2D eigenvalue weighted by Crippen LogP contribution is -2.37. The average molecular weight is 423 g/mol. The Morgan fingerprint density at radius 2 is 1.63 bits per heavy atom. The van der Waals surface area contributed by atoms with Crippen molar-refractivity contribution >= 4 is 61.3 Å². The number of carbonyl (C=O) groups excluding carboxylic acids is 1. The van der Waals surface area contributed by atoms with Gasteiger partial charge in [0.1, 0.15) is 6.54 Å². The normalized spacial score (nSPS) is 11.4. The molecule has 8 heteroatoms. The van der Waals surface area contributed by atoms with Crippen molar-refractivity contribution in [3.8, 4) is 0 Å². The molecule has 0 aliphatic carbocycles. The molecule has 0 saturated carbocycles. The molecule has 0 fully saturated rings. The molecule has 0 bridgehead atoms. The Bertz CT molecular complexity index is 1090. The van der Waals surface area contributed by atoms with Crippen LogP contribution >= 0.6 is 23.2 Å². The van der Waals surface area contributed by atoms with E-state index in [1.807, 2.05) is 30.3 Å². The van der Waals surface area contributed by atoms with Crippen molar-refractivity contribution in [3.05, 3.63) is 70.7 Å². The molecule has 1 N–H and O–H groups in total. The Kier molecular flexibility index (Phi) is 5.60. The lowest BCUT2D eigenvalue weighted by molar-refractivity contribution is -0.114. The van der Waals surface area contributed by atoms with E-state index in [1.165, 1.54) is 18.2 Å². The van der Waals surface area contributed by atoms with E-state index in [4.69, 9.17) is 23.2 Å². The Morgan fingerprint density at radius 3 is 2.30 bits per heavy atom. The van der Waals surface area contributed by atoms with Crippen LogP contribution in [0.5, 0.6) is 0 Å². The summed E-state index contributed by atoms with van der Waals surface area (Å²) >= 11 is 11.9. The molecule has 0 unspecified atom stereocenters. The maximum absolute atomic E-state index is 12.5. The second-order valence-corrected chi connectivity index (χ2v) is 8.75. The third kappa shape index (κ3) is 4.71. The minimum atomic E-state index is -3.69. The van der Waals surface area contributed by atoms with Crippen molar-refractivity contribution in [1.82, 2.24) is 0 Å². The molecule has 27 heavy (non-hydrogen) atoms. The van der Waals surface area contributed by atoms with Crippen molar-refractivity contribution in [2.45, 2.75) is 0 Å². The first-order valence-corrected chi connectivity index (χ1v) is 10.6. The fourth-order valence-electron chi connectivity index (χ4n) is 2.76. The van der Waals surface area contributed by atoms with E-state index in [9.17, 15) is 13.2 Å². The number of nitrogens with zero attached hydrogens (tertiary/aromatic N) is 1. The fourth-order valence-corrected chi connectivity index (χ4v) is 4.16. The molecular weight excluding hydrogens is 407 g/mol. The summed E-state index contributed by atoms with van der Waals surface area (Å²) in [5, 5.41) is 4.98. The Labute approximate surface area is 167 Å². The van der Waals surface area contributed by atoms with Gasteiger partial charge in [-0.25, -0.2) is 8.42 Å². The number of sulfonamides is 1. The van der Waals surface area contributed by atoms with Gasteiger partial charge in [0.05, 0.1) is 11.9 Å². The zero-order chi connectivity index (χ0) is 19.6. The van der Waals surface area contributed by atoms with Gasteiger partial charge in [0, 0.05) is 21.1 Å². The van der Waals surface area contributed by atoms with Gasteiger partial charge in [0.2, 0.25) is 15.9 Å². The highest BCUT2D eigenvalue weighted by atomic mass is 35.5. The van der Waals surface area contributed by atoms with Crippen molar-refractivity contribution in [1.29, 1.82) is 0 Å². The minimum absolute atomic E-state index is 0.367. The first kappa shape index (κ1) is 19.5. The lowest BCUT2D eigenvalue weighted by atomic mass is 10.1. The summed E-state index contributed by atoms with van der Waals surface area (Å²) in [6, 6.07) is 17.3. The summed E-state index contributed by atoms with van der Waals surface area (Å²) in [7, 11) is -3.69. The van der Waals surface area contributed by atoms with Crippen molar-refractivity contribution in [2.75, 3.05) is 22.4 Å². The first-order chi connectivity index (χ1) is 12.7. The maximum atomic E-state index is 12.5. The topological polar surface area (TPSA) is 66.5 Å². The van der Waals surface area contributed by atoms with Gasteiger partial charge in [-0.3, -0.25) is 9.10 Å². The largest absolute Gasteiger partial charge is 0.324 e. The zero-order valence-electron chi connectivity index (χ0n) is 14.3. The van der Waals surface area contributed by atoms with Gasteiger partial charge in [0.15, 0.2) is 0 Å². The van der Waals surface area contributed by atoms with Crippen molar-refractivity contribution in [3.63, 3.8) is 0 Å². The summed E-state index contributed by atoms with van der Waals surface area (Å²) in [6.07, 6.45) is 1.07. The molecule has 0 radical (unpaired) electrons. The maximum Gasteiger partial charge on any atom is 0.245 e. The number of hydrogen-bond donors (Lipinski definition) is 1. The van der Waals surface area contributed by atoms with Gasteiger partial charge in [-0.1, -0.05) is 59.6 Å². The number of fused-ring (bicyclic) bond motifs is 1. The van der Waals surface area contributed by atoms with Crippen molar-refractivity contribution < 1.29 is 13.2 Å². The Morgan fingerprint density at radius 1 is 1.00 bits per heavy atom. The Hall–Kier alpha value is -2.28. The smallest absolute Gasteiger partial charge is 0.245 e. The van der Waals surface area contributed by atoms with Crippen LogP contribution in [0.3, 0.4) is 0 Å². The van der Waals surface area contributed by atoms with Crippen LogP contribution in [0.4, 0.5) is 11.4 Å². The van der Waals surface area contributed by atoms with Gasteiger partial charge in [0.25, 0.3) is 0 Å². The molecule has 140 valence electrons. The predicted molar refractivity (Wildman–Crippen MR) is 111 cm³/mol. The number of carbonyl (C=O) groups is 1. The number of hydrogen-bond acceptors (Lipinski definition) is 3. The number of halogens is 2. The van der Waals surface area contributed by atoms with Crippen LogP contribution in [0.25, 0.3) is 10.8 Å². The van der Waals surface area contributed by atoms with Crippen LogP contribution in [0.2, 0.25) is 10.0 Å². The third-order valence-corrected chi connectivity index (χ3v) is 5.43. The predicted octanol–water partition coefficient (Wildman–Crippen LogP) is 4.55. The summed E-state index contributed by atoms with van der Waals surface area (Å²) in [6.45, 7) is -0.378. The number of amides is 1. The summed E-state index contributed by atoms with van der Waals surface area (Å²) in [4.78, 5) is 12.5. The summed E-state index contributed by atoms with van der Waals surface area (Å²) in [5.41, 5.74) is 0.832. The molecule has 0 atom stereocenters. The molecule has 5 nitrogen and oxygen atoms in total. The highest BCUT2D eigenvalue weighted by Gasteiger charge is 2.22. The second-order valence-electron chi connectivity index (χ2n) is 5.97. The monoisotopic (exact) mass is 422 g/mol. The molecule has 3 aromatic rings. The molecular formula is C19H16Cl2N2O3S. The third-order valence-electron chi connectivity index (χ3n) is 3.87. The second kappa shape index (κ2) is 7.76.